The van der Waals surface area contributed by atoms with Crippen molar-refractivity contribution in [1.29, 1.82) is 0 Å². The molecule has 0 aliphatic rings. The van der Waals surface area contributed by atoms with Gasteiger partial charge in [0, 0.05) is 16.9 Å². The second-order valence-corrected chi connectivity index (χ2v) is 5.29. The topological polar surface area (TPSA) is 73.4 Å². The number of H-pyrrole nitrogens is 1. The Bertz CT molecular complexity index is 706. The Kier molecular flexibility index (Phi) is 3.97. The average molecular weight is 292 g/mol. The van der Waals surface area contributed by atoms with Crippen molar-refractivity contribution in [2.24, 2.45) is 0 Å². The molecule has 0 fully saturated rings. The molecule has 112 valence electrons. The number of fused-ring (bicyclic) bond motifs is 1. The maximum Gasteiger partial charge on any atom is 0.323 e. The van der Waals surface area contributed by atoms with E-state index in [1.54, 1.807) is 26.8 Å². The van der Waals surface area contributed by atoms with Crippen LogP contribution in [0.4, 0.5) is 4.39 Å². The van der Waals surface area contributed by atoms with Crippen LogP contribution >= 0.6 is 0 Å². The average Bonchev–Trinajstić information content (AvgIpc) is 2.78. The van der Waals surface area contributed by atoms with E-state index in [2.05, 4.69) is 4.98 Å². The number of aryl methyl sites for hydroxylation is 1. The van der Waals surface area contributed by atoms with Crippen LogP contribution in [-0.2, 0) is 4.79 Å². The minimum Gasteiger partial charge on any atom is -0.480 e. The summed E-state index contributed by atoms with van der Waals surface area (Å²) in [6.45, 7) is 4.87. The molecule has 21 heavy (non-hydrogen) atoms. The van der Waals surface area contributed by atoms with Gasteiger partial charge in [0.1, 0.15) is 18.1 Å². The molecule has 0 saturated heterocycles. The summed E-state index contributed by atoms with van der Waals surface area (Å²) in [6.07, 6.45) is 0. The number of aliphatic carboxylic acids is 1. The quantitative estimate of drug-likeness (QED) is 0.909. The Labute approximate surface area is 121 Å². The normalized spacial score (nSPS) is 11.1. The van der Waals surface area contributed by atoms with Crippen LogP contribution in [0.3, 0.4) is 0 Å². The van der Waals surface area contributed by atoms with Crippen LogP contribution in [-0.4, -0.2) is 39.5 Å². The number of carbonyl (C=O) groups excluding carboxylic acids is 1. The molecule has 2 rings (SSSR count). The van der Waals surface area contributed by atoms with Crippen molar-refractivity contribution in [3.63, 3.8) is 0 Å². The van der Waals surface area contributed by atoms with Crippen LogP contribution in [0, 0.1) is 12.7 Å². The molecule has 1 amide bonds. The zero-order valence-corrected chi connectivity index (χ0v) is 12.1. The highest BCUT2D eigenvalue weighted by atomic mass is 19.1. The molecule has 0 radical (unpaired) electrons. The van der Waals surface area contributed by atoms with E-state index in [4.69, 9.17) is 5.11 Å². The minimum absolute atomic E-state index is 0.252. The van der Waals surface area contributed by atoms with Gasteiger partial charge < -0.3 is 15.0 Å². The summed E-state index contributed by atoms with van der Waals surface area (Å²) in [7, 11) is 0. The number of hydrogen-bond donors (Lipinski definition) is 2. The molecule has 2 N–H and O–H groups in total. The zero-order chi connectivity index (χ0) is 15.7. The Morgan fingerprint density at radius 3 is 2.57 bits per heavy atom. The largest absolute Gasteiger partial charge is 0.480 e. The van der Waals surface area contributed by atoms with Crippen LogP contribution in [0.15, 0.2) is 18.2 Å². The number of halogens is 1. The second-order valence-electron chi connectivity index (χ2n) is 5.29. The van der Waals surface area contributed by atoms with Crippen molar-refractivity contribution < 1.29 is 19.1 Å². The number of hydrogen-bond acceptors (Lipinski definition) is 2. The SMILES string of the molecule is Cc1cc(F)cc2[nH]c(C(=O)N(CC(=O)O)C(C)C)cc12. The number of aromatic nitrogens is 1. The number of carboxylic acids is 1. The fourth-order valence-electron chi connectivity index (χ4n) is 2.28. The lowest BCUT2D eigenvalue weighted by atomic mass is 10.1. The number of benzene rings is 1. The Balaban J connectivity index is 2.42. The number of carbonyl (C=O) groups is 2. The zero-order valence-electron chi connectivity index (χ0n) is 12.1. The van der Waals surface area contributed by atoms with Crippen molar-refractivity contribution in [2.45, 2.75) is 26.8 Å². The molecule has 1 aromatic carbocycles. The molecule has 1 aromatic heterocycles. The van der Waals surface area contributed by atoms with E-state index < -0.39 is 11.9 Å². The monoisotopic (exact) mass is 292 g/mol. The van der Waals surface area contributed by atoms with Gasteiger partial charge in [-0.25, -0.2) is 4.39 Å². The van der Waals surface area contributed by atoms with E-state index in [-0.39, 0.29) is 24.1 Å². The molecule has 6 heteroatoms. The van der Waals surface area contributed by atoms with Gasteiger partial charge in [-0.2, -0.15) is 0 Å². The van der Waals surface area contributed by atoms with Crippen molar-refractivity contribution in [1.82, 2.24) is 9.88 Å². The summed E-state index contributed by atoms with van der Waals surface area (Å²) in [5.74, 6) is -1.87. The molecule has 0 aliphatic heterocycles. The third-order valence-corrected chi connectivity index (χ3v) is 3.33. The molecule has 0 aliphatic carbocycles. The first kappa shape index (κ1) is 15.0. The molecule has 0 saturated carbocycles. The van der Waals surface area contributed by atoms with Crippen LogP contribution in [0.25, 0.3) is 10.9 Å². The summed E-state index contributed by atoms with van der Waals surface area (Å²) in [5.41, 5.74) is 1.50. The van der Waals surface area contributed by atoms with Gasteiger partial charge in [0.2, 0.25) is 0 Å². The van der Waals surface area contributed by atoms with Gasteiger partial charge in [0.25, 0.3) is 5.91 Å². The molecule has 0 unspecified atom stereocenters. The fraction of sp³-hybridized carbons (Fsp3) is 0.333. The lowest BCUT2D eigenvalue weighted by molar-refractivity contribution is -0.138. The van der Waals surface area contributed by atoms with E-state index >= 15 is 0 Å². The van der Waals surface area contributed by atoms with Crippen LogP contribution in [0.1, 0.15) is 29.9 Å². The third kappa shape index (κ3) is 3.04. The Morgan fingerprint density at radius 2 is 2.00 bits per heavy atom. The predicted octanol–water partition coefficient (Wildman–Crippen LogP) is 2.55. The lowest BCUT2D eigenvalue weighted by Crippen LogP contribution is -2.40. The molecule has 0 spiro atoms. The van der Waals surface area contributed by atoms with E-state index in [9.17, 15) is 14.0 Å². The van der Waals surface area contributed by atoms with Crippen LogP contribution in [0.2, 0.25) is 0 Å². The number of nitrogens with one attached hydrogen (secondary N) is 1. The third-order valence-electron chi connectivity index (χ3n) is 3.33. The lowest BCUT2D eigenvalue weighted by Gasteiger charge is -2.24. The first-order valence-corrected chi connectivity index (χ1v) is 6.61. The standard InChI is InChI=1S/C15H17FN2O3/c1-8(2)18(7-14(19)20)15(21)13-6-11-9(3)4-10(16)5-12(11)17-13/h4-6,8,17H,7H2,1-3H3,(H,19,20). The molecule has 0 bridgehead atoms. The van der Waals surface area contributed by atoms with E-state index in [0.29, 0.717) is 5.52 Å². The predicted molar refractivity (Wildman–Crippen MR) is 76.8 cm³/mol. The number of amides is 1. The number of rotatable bonds is 4. The van der Waals surface area contributed by atoms with E-state index in [1.165, 1.54) is 17.0 Å². The Hall–Kier alpha value is -2.37. The van der Waals surface area contributed by atoms with Gasteiger partial charge in [0.05, 0.1) is 0 Å². The van der Waals surface area contributed by atoms with Crippen LogP contribution in [0.5, 0.6) is 0 Å². The molecular formula is C15H17FN2O3. The van der Waals surface area contributed by atoms with Gasteiger partial charge in [0.15, 0.2) is 0 Å². The highest BCUT2D eigenvalue weighted by Gasteiger charge is 2.23. The van der Waals surface area contributed by atoms with Gasteiger partial charge in [-0.3, -0.25) is 9.59 Å². The number of nitrogens with zero attached hydrogens (tertiary/aromatic N) is 1. The highest BCUT2D eigenvalue weighted by molar-refractivity contribution is 6.00. The van der Waals surface area contributed by atoms with Gasteiger partial charge in [-0.05, 0) is 44.5 Å². The second kappa shape index (κ2) is 5.55. The van der Waals surface area contributed by atoms with Crippen molar-refractivity contribution in [2.75, 3.05) is 6.54 Å². The molecule has 1 heterocycles. The summed E-state index contributed by atoms with van der Waals surface area (Å²) in [6, 6.07) is 4.08. The molecule has 2 aromatic rings. The number of aromatic amines is 1. The number of carboxylic acid groups (broad SMARTS) is 1. The minimum atomic E-state index is -1.07. The first-order valence-electron chi connectivity index (χ1n) is 6.61. The van der Waals surface area contributed by atoms with Crippen molar-refractivity contribution in [3.05, 3.63) is 35.3 Å². The van der Waals surface area contributed by atoms with Crippen molar-refractivity contribution >= 4 is 22.8 Å². The summed E-state index contributed by atoms with van der Waals surface area (Å²) in [5, 5.41) is 9.64. The molecule has 0 atom stereocenters. The highest BCUT2D eigenvalue weighted by Crippen LogP contribution is 2.22. The first-order chi connectivity index (χ1) is 9.79. The fourth-order valence-corrected chi connectivity index (χ4v) is 2.28. The maximum absolute atomic E-state index is 13.4. The van der Waals surface area contributed by atoms with E-state index in [0.717, 1.165) is 10.9 Å². The van der Waals surface area contributed by atoms with E-state index in [1.807, 2.05) is 0 Å². The van der Waals surface area contributed by atoms with Gasteiger partial charge in [-0.15, -0.1) is 0 Å². The van der Waals surface area contributed by atoms with Gasteiger partial charge in [-0.1, -0.05) is 0 Å². The summed E-state index contributed by atoms with van der Waals surface area (Å²) >= 11 is 0. The molecular weight excluding hydrogens is 275 g/mol. The summed E-state index contributed by atoms with van der Waals surface area (Å²) < 4.78 is 13.4. The van der Waals surface area contributed by atoms with Gasteiger partial charge >= 0.3 is 5.97 Å². The summed E-state index contributed by atoms with van der Waals surface area (Å²) in [4.78, 5) is 27.4. The smallest absolute Gasteiger partial charge is 0.323 e. The molecule has 5 nitrogen and oxygen atoms in total. The van der Waals surface area contributed by atoms with Crippen LogP contribution < -0.4 is 0 Å². The Morgan fingerprint density at radius 1 is 1.33 bits per heavy atom. The van der Waals surface area contributed by atoms with Crippen molar-refractivity contribution in [3.8, 4) is 0 Å². The maximum atomic E-state index is 13.4.